The van der Waals surface area contributed by atoms with Gasteiger partial charge in [-0.05, 0) is 43.7 Å². The van der Waals surface area contributed by atoms with Crippen molar-refractivity contribution in [1.82, 2.24) is 5.32 Å². The fraction of sp³-hybridized carbons (Fsp3) is 0.235. The maximum atomic E-state index is 13.6. The van der Waals surface area contributed by atoms with Gasteiger partial charge in [0.25, 0.3) is 0 Å². The molecule has 0 fully saturated rings. The molecule has 116 valence electrons. The zero-order valence-electron chi connectivity index (χ0n) is 12.3. The van der Waals surface area contributed by atoms with Crippen LogP contribution in [0.25, 0.3) is 0 Å². The van der Waals surface area contributed by atoms with Crippen LogP contribution >= 0.6 is 11.8 Å². The summed E-state index contributed by atoms with van der Waals surface area (Å²) in [6.45, 7) is 3.55. The fourth-order valence-corrected chi connectivity index (χ4v) is 2.84. The standard InChI is InChI=1S/C17H17F2NOS/c1-11(13-7-9-14(18)10-8-13)20-17(21)12(2)22-16-6-4-3-5-15(16)19/h3-12H,1-2H3,(H,20,21). The van der Waals surface area contributed by atoms with Crippen LogP contribution in [-0.4, -0.2) is 11.2 Å². The summed E-state index contributed by atoms with van der Waals surface area (Å²) in [6, 6.07) is 12.1. The lowest BCUT2D eigenvalue weighted by Crippen LogP contribution is -2.33. The Morgan fingerprint density at radius 3 is 2.32 bits per heavy atom. The highest BCUT2D eigenvalue weighted by Gasteiger charge is 2.18. The molecular weight excluding hydrogens is 304 g/mol. The Labute approximate surface area is 132 Å². The Morgan fingerprint density at radius 2 is 1.68 bits per heavy atom. The molecule has 0 aromatic heterocycles. The number of nitrogens with one attached hydrogen (secondary N) is 1. The van der Waals surface area contributed by atoms with Gasteiger partial charge in [-0.3, -0.25) is 4.79 Å². The van der Waals surface area contributed by atoms with Crippen molar-refractivity contribution in [3.05, 3.63) is 65.7 Å². The number of rotatable bonds is 5. The van der Waals surface area contributed by atoms with E-state index in [1.807, 2.05) is 6.92 Å². The highest BCUT2D eigenvalue weighted by Crippen LogP contribution is 2.26. The molecule has 2 nitrogen and oxygen atoms in total. The summed E-state index contributed by atoms with van der Waals surface area (Å²) in [7, 11) is 0. The highest BCUT2D eigenvalue weighted by molar-refractivity contribution is 8.00. The summed E-state index contributed by atoms with van der Waals surface area (Å²) in [5, 5.41) is 2.42. The molecule has 0 heterocycles. The zero-order chi connectivity index (χ0) is 16.1. The first-order chi connectivity index (χ1) is 10.5. The summed E-state index contributed by atoms with van der Waals surface area (Å²) in [4.78, 5) is 12.6. The van der Waals surface area contributed by atoms with Gasteiger partial charge in [0, 0.05) is 4.90 Å². The van der Waals surface area contributed by atoms with Gasteiger partial charge < -0.3 is 5.32 Å². The summed E-state index contributed by atoms with van der Waals surface area (Å²) < 4.78 is 26.5. The van der Waals surface area contributed by atoms with E-state index in [1.54, 1.807) is 37.3 Å². The average Bonchev–Trinajstić information content (AvgIpc) is 2.50. The van der Waals surface area contributed by atoms with E-state index in [1.165, 1.54) is 30.0 Å². The Bertz CT molecular complexity index is 645. The molecule has 0 saturated heterocycles. The number of carbonyl (C=O) groups excluding carboxylic acids is 1. The van der Waals surface area contributed by atoms with E-state index in [0.717, 1.165) is 5.56 Å². The first-order valence-corrected chi connectivity index (χ1v) is 7.82. The lowest BCUT2D eigenvalue weighted by atomic mass is 10.1. The van der Waals surface area contributed by atoms with Crippen LogP contribution in [0.2, 0.25) is 0 Å². The minimum Gasteiger partial charge on any atom is -0.349 e. The first kappa shape index (κ1) is 16.5. The third kappa shape index (κ3) is 4.31. The molecule has 0 aliphatic rings. The molecule has 0 aliphatic heterocycles. The SMILES string of the molecule is CC(Sc1ccccc1F)C(=O)NC(C)c1ccc(F)cc1. The van der Waals surface area contributed by atoms with E-state index in [4.69, 9.17) is 0 Å². The van der Waals surface area contributed by atoms with E-state index < -0.39 is 5.25 Å². The highest BCUT2D eigenvalue weighted by atomic mass is 32.2. The molecule has 2 aromatic rings. The number of benzene rings is 2. The number of hydrogen-bond donors (Lipinski definition) is 1. The molecule has 5 heteroatoms. The number of carbonyl (C=O) groups is 1. The smallest absolute Gasteiger partial charge is 0.233 e. The van der Waals surface area contributed by atoms with Crippen molar-refractivity contribution in [2.75, 3.05) is 0 Å². The van der Waals surface area contributed by atoms with Crippen LogP contribution in [0.1, 0.15) is 25.5 Å². The molecule has 1 N–H and O–H groups in total. The van der Waals surface area contributed by atoms with Gasteiger partial charge in [0.2, 0.25) is 5.91 Å². The minimum atomic E-state index is -0.431. The van der Waals surface area contributed by atoms with Gasteiger partial charge in [0.1, 0.15) is 11.6 Å². The third-order valence-corrected chi connectivity index (χ3v) is 4.39. The van der Waals surface area contributed by atoms with Crippen LogP contribution in [0.3, 0.4) is 0 Å². The lowest BCUT2D eigenvalue weighted by Gasteiger charge is -2.18. The number of thioether (sulfide) groups is 1. The van der Waals surface area contributed by atoms with Crippen molar-refractivity contribution >= 4 is 17.7 Å². The van der Waals surface area contributed by atoms with Gasteiger partial charge in [-0.15, -0.1) is 11.8 Å². The van der Waals surface area contributed by atoms with Crippen molar-refractivity contribution in [2.24, 2.45) is 0 Å². The second-order valence-corrected chi connectivity index (χ2v) is 6.35. The van der Waals surface area contributed by atoms with E-state index >= 15 is 0 Å². The van der Waals surface area contributed by atoms with Gasteiger partial charge in [-0.25, -0.2) is 8.78 Å². The molecule has 0 bridgehead atoms. The Kier molecular flexibility index (Phi) is 5.55. The normalized spacial score (nSPS) is 13.5. The summed E-state index contributed by atoms with van der Waals surface area (Å²) in [6.07, 6.45) is 0. The van der Waals surface area contributed by atoms with Gasteiger partial charge in [0.05, 0.1) is 11.3 Å². The summed E-state index contributed by atoms with van der Waals surface area (Å²) >= 11 is 1.17. The maximum Gasteiger partial charge on any atom is 0.233 e. The van der Waals surface area contributed by atoms with Crippen molar-refractivity contribution in [2.45, 2.75) is 30.0 Å². The van der Waals surface area contributed by atoms with E-state index in [9.17, 15) is 13.6 Å². The van der Waals surface area contributed by atoms with Gasteiger partial charge in [0.15, 0.2) is 0 Å². The van der Waals surface area contributed by atoms with Crippen LogP contribution in [0.15, 0.2) is 53.4 Å². The summed E-state index contributed by atoms with van der Waals surface area (Å²) in [5.41, 5.74) is 0.817. The Hall–Kier alpha value is -1.88. The number of hydrogen-bond acceptors (Lipinski definition) is 2. The monoisotopic (exact) mass is 321 g/mol. The van der Waals surface area contributed by atoms with E-state index in [0.29, 0.717) is 4.90 Å². The topological polar surface area (TPSA) is 29.1 Å². The van der Waals surface area contributed by atoms with Crippen molar-refractivity contribution in [3.63, 3.8) is 0 Å². The zero-order valence-corrected chi connectivity index (χ0v) is 13.2. The van der Waals surface area contributed by atoms with Crippen LogP contribution in [0.4, 0.5) is 8.78 Å². The summed E-state index contributed by atoms with van der Waals surface area (Å²) in [5.74, 6) is -0.838. The van der Waals surface area contributed by atoms with Gasteiger partial charge in [-0.1, -0.05) is 24.3 Å². The maximum absolute atomic E-state index is 13.6. The average molecular weight is 321 g/mol. The molecule has 2 unspecified atom stereocenters. The van der Waals surface area contributed by atoms with Gasteiger partial charge >= 0.3 is 0 Å². The molecule has 2 aromatic carbocycles. The second-order valence-electron chi connectivity index (χ2n) is 4.97. The first-order valence-electron chi connectivity index (χ1n) is 6.94. The molecule has 0 spiro atoms. The molecule has 0 saturated carbocycles. The Morgan fingerprint density at radius 1 is 1.05 bits per heavy atom. The lowest BCUT2D eigenvalue weighted by molar-refractivity contribution is -0.120. The minimum absolute atomic E-state index is 0.190. The molecule has 2 rings (SSSR count). The molecular formula is C17H17F2NOS. The van der Waals surface area contributed by atoms with Gasteiger partial charge in [-0.2, -0.15) is 0 Å². The molecule has 0 aliphatic carbocycles. The molecule has 1 amide bonds. The number of halogens is 2. The number of amides is 1. The van der Waals surface area contributed by atoms with Crippen molar-refractivity contribution in [3.8, 4) is 0 Å². The van der Waals surface area contributed by atoms with Crippen LogP contribution in [-0.2, 0) is 4.79 Å². The van der Waals surface area contributed by atoms with Crippen molar-refractivity contribution < 1.29 is 13.6 Å². The Balaban J connectivity index is 1.96. The molecule has 0 radical (unpaired) electrons. The predicted octanol–water partition coefficient (Wildman–Crippen LogP) is 4.32. The van der Waals surface area contributed by atoms with E-state index in [2.05, 4.69) is 5.32 Å². The van der Waals surface area contributed by atoms with Crippen LogP contribution in [0.5, 0.6) is 0 Å². The molecule has 2 atom stereocenters. The van der Waals surface area contributed by atoms with Crippen LogP contribution in [0, 0.1) is 11.6 Å². The predicted molar refractivity (Wildman–Crippen MR) is 84.7 cm³/mol. The fourth-order valence-electron chi connectivity index (χ4n) is 1.95. The van der Waals surface area contributed by atoms with Crippen LogP contribution < -0.4 is 5.32 Å². The quantitative estimate of drug-likeness (QED) is 0.831. The van der Waals surface area contributed by atoms with Crippen molar-refractivity contribution in [1.29, 1.82) is 0 Å². The molecule has 22 heavy (non-hydrogen) atoms. The third-order valence-electron chi connectivity index (χ3n) is 3.24. The second kappa shape index (κ2) is 7.40. The van der Waals surface area contributed by atoms with E-state index in [-0.39, 0.29) is 23.6 Å². The largest absolute Gasteiger partial charge is 0.349 e.